The molecule has 0 bridgehead atoms. The molecule has 0 aliphatic heterocycles. The van der Waals surface area contributed by atoms with Crippen molar-refractivity contribution in [3.63, 3.8) is 0 Å². The number of phenolic OH excluding ortho intramolecular Hbond substituents is 3. The third kappa shape index (κ3) is 6.05. The lowest BCUT2D eigenvalue weighted by Crippen LogP contribution is -2.39. The van der Waals surface area contributed by atoms with Gasteiger partial charge in [-0.25, -0.2) is 4.79 Å². The van der Waals surface area contributed by atoms with Crippen LogP contribution in [0.15, 0.2) is 84.9 Å². The number of ether oxygens (including phenoxy) is 4. The number of rotatable bonds is 10. The number of aliphatic hydroxyl groups is 1. The summed E-state index contributed by atoms with van der Waals surface area (Å²) in [6.07, 6.45) is -0.899. The van der Waals surface area contributed by atoms with Gasteiger partial charge < -0.3 is 39.4 Å². The van der Waals surface area contributed by atoms with Gasteiger partial charge in [0, 0.05) is 29.7 Å². The van der Waals surface area contributed by atoms with E-state index in [2.05, 4.69) is 0 Å². The second kappa shape index (κ2) is 11.9. The molecule has 0 aromatic heterocycles. The van der Waals surface area contributed by atoms with Crippen LogP contribution in [0.3, 0.4) is 0 Å². The van der Waals surface area contributed by atoms with Gasteiger partial charge in [-0.1, -0.05) is 24.3 Å². The Morgan fingerprint density at radius 1 is 0.675 bits per heavy atom. The summed E-state index contributed by atoms with van der Waals surface area (Å²) in [6, 6.07) is 21.1. The van der Waals surface area contributed by atoms with Gasteiger partial charge in [0.2, 0.25) is 5.60 Å². The number of hydrogen-bond donors (Lipinski definition) is 4. The summed E-state index contributed by atoms with van der Waals surface area (Å²) in [7, 11) is 4.43. The fourth-order valence-corrected chi connectivity index (χ4v) is 4.37. The first-order chi connectivity index (χ1) is 19.2. The fraction of sp³-hybridized carbons (Fsp3) is 0.194. The SMILES string of the molecule is COc1ccc(CC(OC(=O)C(O)(c2ccc(OC)cc2)c2cc(O)cc(OC)c2)c2cc(O)cc(O)c2)cc1. The van der Waals surface area contributed by atoms with E-state index < -0.39 is 17.7 Å². The lowest BCUT2D eigenvalue weighted by molar-refractivity contribution is -0.168. The maximum Gasteiger partial charge on any atom is 0.348 e. The molecule has 9 nitrogen and oxygen atoms in total. The van der Waals surface area contributed by atoms with Crippen molar-refractivity contribution >= 4 is 5.97 Å². The smallest absolute Gasteiger partial charge is 0.348 e. The zero-order valence-electron chi connectivity index (χ0n) is 22.2. The van der Waals surface area contributed by atoms with Crippen molar-refractivity contribution in [2.24, 2.45) is 0 Å². The molecule has 0 aliphatic carbocycles. The third-order valence-electron chi connectivity index (χ3n) is 6.47. The summed E-state index contributed by atoms with van der Waals surface area (Å²) in [5.41, 5.74) is -1.19. The lowest BCUT2D eigenvalue weighted by atomic mass is 9.85. The number of carbonyl (C=O) groups is 1. The van der Waals surface area contributed by atoms with Crippen LogP contribution in [0.1, 0.15) is 28.4 Å². The number of hydrogen-bond acceptors (Lipinski definition) is 9. The van der Waals surface area contributed by atoms with Crippen molar-refractivity contribution in [1.82, 2.24) is 0 Å². The monoisotopic (exact) mass is 546 g/mol. The molecule has 0 amide bonds. The summed E-state index contributed by atoms with van der Waals surface area (Å²) in [4.78, 5) is 14.0. The molecule has 4 N–H and O–H groups in total. The van der Waals surface area contributed by atoms with E-state index in [0.717, 1.165) is 11.6 Å². The van der Waals surface area contributed by atoms with Crippen LogP contribution in [-0.2, 0) is 21.6 Å². The first-order valence-electron chi connectivity index (χ1n) is 12.3. The van der Waals surface area contributed by atoms with Crippen molar-refractivity contribution in [2.75, 3.05) is 21.3 Å². The molecule has 4 aromatic rings. The zero-order chi connectivity index (χ0) is 28.9. The van der Waals surface area contributed by atoms with Gasteiger partial charge in [0.1, 0.15) is 40.6 Å². The first kappa shape index (κ1) is 28.1. The molecule has 40 heavy (non-hydrogen) atoms. The van der Waals surface area contributed by atoms with Gasteiger partial charge in [0.05, 0.1) is 21.3 Å². The predicted molar refractivity (Wildman–Crippen MR) is 146 cm³/mol. The van der Waals surface area contributed by atoms with Crippen LogP contribution in [-0.4, -0.2) is 47.7 Å². The highest BCUT2D eigenvalue weighted by molar-refractivity contribution is 5.86. The van der Waals surface area contributed by atoms with Crippen LogP contribution in [0.25, 0.3) is 0 Å². The Bertz CT molecular complexity index is 1450. The van der Waals surface area contributed by atoms with Crippen molar-refractivity contribution < 1.29 is 44.2 Å². The predicted octanol–water partition coefficient (Wildman–Crippen LogP) is 4.59. The summed E-state index contributed by atoms with van der Waals surface area (Å²) >= 11 is 0. The first-order valence-corrected chi connectivity index (χ1v) is 12.3. The Morgan fingerprint density at radius 3 is 1.75 bits per heavy atom. The van der Waals surface area contributed by atoms with Crippen molar-refractivity contribution in [3.05, 3.63) is 107 Å². The maximum absolute atomic E-state index is 14.0. The highest BCUT2D eigenvalue weighted by Crippen LogP contribution is 2.39. The van der Waals surface area contributed by atoms with E-state index in [1.54, 1.807) is 43.5 Å². The van der Waals surface area contributed by atoms with E-state index >= 15 is 0 Å². The standard InChI is InChI=1S/C31H30O9/c1-37-26-8-4-19(5-9-26)12-29(20-13-23(32)17-24(33)14-20)40-30(35)31(36,21-6-10-27(38-2)11-7-21)22-15-25(34)18-28(16-22)39-3/h4-11,13-18,29,32-34,36H,12H2,1-3H3. The normalized spacial score (nSPS) is 13.1. The highest BCUT2D eigenvalue weighted by atomic mass is 16.6. The second-order valence-electron chi connectivity index (χ2n) is 9.09. The van der Waals surface area contributed by atoms with Crippen LogP contribution in [0.5, 0.6) is 34.5 Å². The molecule has 2 unspecified atom stereocenters. The molecule has 0 aliphatic rings. The van der Waals surface area contributed by atoms with Gasteiger partial charge in [-0.3, -0.25) is 0 Å². The highest BCUT2D eigenvalue weighted by Gasteiger charge is 2.44. The van der Waals surface area contributed by atoms with Gasteiger partial charge in [0.25, 0.3) is 0 Å². The van der Waals surface area contributed by atoms with Crippen LogP contribution in [0.4, 0.5) is 0 Å². The maximum atomic E-state index is 14.0. The third-order valence-corrected chi connectivity index (χ3v) is 6.47. The van der Waals surface area contributed by atoms with E-state index in [4.69, 9.17) is 18.9 Å². The Morgan fingerprint density at radius 2 is 1.20 bits per heavy atom. The molecule has 2 atom stereocenters. The average Bonchev–Trinajstić information content (AvgIpc) is 2.95. The molecule has 4 rings (SSSR count). The topological polar surface area (TPSA) is 135 Å². The minimum atomic E-state index is -2.39. The molecule has 0 radical (unpaired) electrons. The molecule has 208 valence electrons. The molecular weight excluding hydrogens is 516 g/mol. The Hall–Kier alpha value is -4.89. The van der Waals surface area contributed by atoms with Crippen LogP contribution < -0.4 is 14.2 Å². The van der Waals surface area contributed by atoms with E-state index in [-0.39, 0.29) is 40.5 Å². The minimum Gasteiger partial charge on any atom is -0.508 e. The largest absolute Gasteiger partial charge is 0.508 e. The number of benzene rings is 4. The Balaban J connectivity index is 1.80. The van der Waals surface area contributed by atoms with E-state index in [0.29, 0.717) is 17.1 Å². The van der Waals surface area contributed by atoms with Crippen LogP contribution in [0, 0.1) is 0 Å². The van der Waals surface area contributed by atoms with Gasteiger partial charge in [-0.2, -0.15) is 0 Å². The number of aromatic hydroxyl groups is 3. The van der Waals surface area contributed by atoms with Crippen LogP contribution in [0.2, 0.25) is 0 Å². The van der Waals surface area contributed by atoms with E-state index in [1.807, 2.05) is 0 Å². The Labute approximate surface area is 231 Å². The molecule has 0 saturated carbocycles. The molecule has 0 heterocycles. The number of phenols is 3. The lowest BCUT2D eigenvalue weighted by Gasteiger charge is -2.30. The molecule has 0 spiro atoms. The average molecular weight is 547 g/mol. The second-order valence-corrected chi connectivity index (χ2v) is 9.09. The summed E-state index contributed by atoms with van der Waals surface area (Å²) in [5.74, 6) is -0.404. The number of carbonyl (C=O) groups excluding carboxylic acids is 1. The molecule has 0 saturated heterocycles. The van der Waals surface area contributed by atoms with Crippen molar-refractivity contribution in [1.29, 1.82) is 0 Å². The van der Waals surface area contributed by atoms with Crippen molar-refractivity contribution in [2.45, 2.75) is 18.1 Å². The molecule has 0 fully saturated rings. The van der Waals surface area contributed by atoms with E-state index in [9.17, 15) is 25.2 Å². The van der Waals surface area contributed by atoms with Crippen LogP contribution >= 0.6 is 0 Å². The number of esters is 1. The zero-order valence-corrected chi connectivity index (χ0v) is 22.2. The molecule has 9 heteroatoms. The van der Waals surface area contributed by atoms with Gasteiger partial charge in [-0.05, 0) is 59.7 Å². The van der Waals surface area contributed by atoms with Crippen molar-refractivity contribution in [3.8, 4) is 34.5 Å². The van der Waals surface area contributed by atoms with E-state index in [1.165, 1.54) is 56.7 Å². The quantitative estimate of drug-likeness (QED) is 0.211. The van der Waals surface area contributed by atoms with Gasteiger partial charge in [0.15, 0.2) is 0 Å². The number of methoxy groups -OCH3 is 3. The fourth-order valence-electron chi connectivity index (χ4n) is 4.37. The molecule has 4 aromatic carbocycles. The summed E-state index contributed by atoms with van der Waals surface area (Å²) < 4.78 is 21.6. The van der Waals surface area contributed by atoms with Gasteiger partial charge in [-0.15, -0.1) is 0 Å². The summed E-state index contributed by atoms with van der Waals surface area (Å²) in [5, 5.41) is 42.7. The van der Waals surface area contributed by atoms with Gasteiger partial charge >= 0.3 is 5.97 Å². The minimum absolute atomic E-state index is 0.00136. The summed E-state index contributed by atoms with van der Waals surface area (Å²) in [6.45, 7) is 0. The Kier molecular flexibility index (Phi) is 8.35. The molecular formula is C31H30O9.